The van der Waals surface area contributed by atoms with Gasteiger partial charge in [-0.3, -0.25) is 4.79 Å². The molecule has 0 aliphatic carbocycles. The molecule has 130 valence electrons. The number of methoxy groups -OCH3 is 3. The third-order valence-electron chi connectivity index (χ3n) is 3.30. The summed E-state index contributed by atoms with van der Waals surface area (Å²) in [6.07, 6.45) is -0.0962. The van der Waals surface area contributed by atoms with Crippen molar-refractivity contribution in [2.75, 3.05) is 27.9 Å². The van der Waals surface area contributed by atoms with Gasteiger partial charge < -0.3 is 25.1 Å². The van der Waals surface area contributed by atoms with Crippen LogP contribution in [0.3, 0.4) is 0 Å². The Balaban J connectivity index is 2.61. The van der Waals surface area contributed by atoms with E-state index in [0.29, 0.717) is 28.6 Å². The van der Waals surface area contributed by atoms with E-state index in [9.17, 15) is 9.90 Å². The van der Waals surface area contributed by atoms with E-state index in [0.717, 1.165) is 0 Å². The minimum atomic E-state index is -0.540. The largest absolute Gasteiger partial charge is 0.493 e. The zero-order chi connectivity index (χ0) is 17.7. The zero-order valence-corrected chi connectivity index (χ0v) is 13.8. The second-order valence-corrected chi connectivity index (χ2v) is 4.82. The van der Waals surface area contributed by atoms with Crippen molar-refractivity contribution >= 4 is 5.91 Å². The fourth-order valence-electron chi connectivity index (χ4n) is 2.35. The van der Waals surface area contributed by atoms with E-state index in [2.05, 4.69) is 10.1 Å². The van der Waals surface area contributed by atoms with E-state index in [1.54, 1.807) is 12.1 Å². The van der Waals surface area contributed by atoms with Crippen molar-refractivity contribution in [2.45, 2.75) is 13.0 Å². The van der Waals surface area contributed by atoms with E-state index in [1.165, 1.54) is 26.0 Å². The van der Waals surface area contributed by atoms with Gasteiger partial charge in [0, 0.05) is 0 Å². The first kappa shape index (κ1) is 17.5. The van der Waals surface area contributed by atoms with Crippen molar-refractivity contribution in [1.29, 1.82) is 0 Å². The van der Waals surface area contributed by atoms with Crippen LogP contribution in [0.1, 0.15) is 5.82 Å². The number of aliphatic hydroxyl groups is 1. The Kier molecular flexibility index (Phi) is 5.59. The normalized spacial score (nSPS) is 10.5. The van der Waals surface area contributed by atoms with E-state index in [-0.39, 0.29) is 25.4 Å². The van der Waals surface area contributed by atoms with Crippen LogP contribution in [0.4, 0.5) is 0 Å². The van der Waals surface area contributed by atoms with E-state index >= 15 is 0 Å². The molecule has 2 rings (SSSR count). The number of hydrogen-bond donors (Lipinski definition) is 2. The molecule has 0 saturated heterocycles. The molecule has 1 heterocycles. The Labute approximate surface area is 139 Å². The predicted octanol–water partition coefficient (Wildman–Crippen LogP) is -0.00900. The highest BCUT2D eigenvalue weighted by molar-refractivity contribution is 5.76. The number of rotatable bonds is 8. The van der Waals surface area contributed by atoms with E-state index in [4.69, 9.17) is 19.9 Å². The third-order valence-corrected chi connectivity index (χ3v) is 3.30. The summed E-state index contributed by atoms with van der Waals surface area (Å²) in [7, 11) is 4.52. The number of ether oxygens (including phenoxy) is 3. The van der Waals surface area contributed by atoms with Crippen molar-refractivity contribution < 1.29 is 24.1 Å². The van der Waals surface area contributed by atoms with Gasteiger partial charge in [0.15, 0.2) is 23.1 Å². The Hall–Kier alpha value is -2.81. The van der Waals surface area contributed by atoms with Gasteiger partial charge in [-0.25, -0.2) is 9.67 Å². The fourth-order valence-corrected chi connectivity index (χ4v) is 2.35. The maximum Gasteiger partial charge on any atom is 0.225 e. The molecular formula is C15H20N4O5. The molecule has 2 aromatic rings. The minimum absolute atomic E-state index is 0.0962. The lowest BCUT2D eigenvalue weighted by atomic mass is 10.1. The number of aliphatic hydroxyl groups excluding tert-OH is 1. The van der Waals surface area contributed by atoms with Crippen LogP contribution in [0.5, 0.6) is 17.2 Å². The van der Waals surface area contributed by atoms with Crippen LogP contribution in [0, 0.1) is 0 Å². The van der Waals surface area contributed by atoms with Gasteiger partial charge in [0.25, 0.3) is 0 Å². The molecule has 1 aromatic heterocycles. The molecule has 0 fully saturated rings. The topological polar surface area (TPSA) is 122 Å². The lowest BCUT2D eigenvalue weighted by molar-refractivity contribution is -0.117. The number of nitrogens with zero attached hydrogens (tertiary/aromatic N) is 3. The lowest BCUT2D eigenvalue weighted by Crippen LogP contribution is -2.15. The molecule has 24 heavy (non-hydrogen) atoms. The van der Waals surface area contributed by atoms with Crippen molar-refractivity contribution in [3.8, 4) is 28.6 Å². The van der Waals surface area contributed by atoms with E-state index < -0.39 is 5.91 Å². The molecule has 1 aromatic carbocycles. The predicted molar refractivity (Wildman–Crippen MR) is 85.1 cm³/mol. The third kappa shape index (κ3) is 3.40. The molecule has 9 nitrogen and oxygen atoms in total. The van der Waals surface area contributed by atoms with Gasteiger partial charge in [0.2, 0.25) is 11.7 Å². The Morgan fingerprint density at radius 2 is 1.92 bits per heavy atom. The lowest BCUT2D eigenvalue weighted by Gasteiger charge is -2.15. The highest BCUT2D eigenvalue weighted by atomic mass is 16.5. The Morgan fingerprint density at radius 1 is 1.21 bits per heavy atom. The highest BCUT2D eigenvalue weighted by Crippen LogP contribution is 2.43. The first-order chi connectivity index (χ1) is 11.5. The molecule has 0 radical (unpaired) electrons. The molecule has 0 aliphatic rings. The maximum absolute atomic E-state index is 11.1. The average Bonchev–Trinajstić information content (AvgIpc) is 2.94. The van der Waals surface area contributed by atoms with Crippen molar-refractivity contribution in [3.05, 3.63) is 18.0 Å². The SMILES string of the molecule is COc1ccc(-c2nc(CC(N)=O)nn2CCO)c(OC)c1OC. The Morgan fingerprint density at radius 3 is 2.46 bits per heavy atom. The minimum Gasteiger partial charge on any atom is -0.493 e. The number of carbonyl (C=O) groups excluding carboxylic acids is 1. The van der Waals surface area contributed by atoms with Crippen LogP contribution < -0.4 is 19.9 Å². The second-order valence-electron chi connectivity index (χ2n) is 4.82. The summed E-state index contributed by atoms with van der Waals surface area (Å²) in [4.78, 5) is 15.5. The van der Waals surface area contributed by atoms with E-state index in [1.807, 2.05) is 0 Å². The molecule has 0 unspecified atom stereocenters. The van der Waals surface area contributed by atoms with Gasteiger partial charge in [-0.15, -0.1) is 0 Å². The number of nitrogens with two attached hydrogens (primary N) is 1. The monoisotopic (exact) mass is 336 g/mol. The van der Waals surface area contributed by atoms with Gasteiger partial charge in [-0.2, -0.15) is 5.10 Å². The molecule has 0 aliphatic heterocycles. The number of hydrogen-bond acceptors (Lipinski definition) is 7. The molecule has 1 amide bonds. The smallest absolute Gasteiger partial charge is 0.225 e. The summed E-state index contributed by atoms with van der Waals surface area (Å²) in [5.74, 6) is 1.48. The van der Waals surface area contributed by atoms with Crippen LogP contribution in [0.15, 0.2) is 12.1 Å². The number of benzene rings is 1. The molecule has 9 heteroatoms. The first-order valence-electron chi connectivity index (χ1n) is 7.17. The van der Waals surface area contributed by atoms with Gasteiger partial charge in [-0.05, 0) is 12.1 Å². The summed E-state index contributed by atoms with van der Waals surface area (Å²) >= 11 is 0. The van der Waals surface area contributed by atoms with Gasteiger partial charge in [-0.1, -0.05) is 0 Å². The number of carbonyl (C=O) groups is 1. The van der Waals surface area contributed by atoms with Crippen molar-refractivity contribution in [1.82, 2.24) is 14.8 Å². The molecule has 0 bridgehead atoms. The fraction of sp³-hybridized carbons (Fsp3) is 0.400. The molecular weight excluding hydrogens is 316 g/mol. The van der Waals surface area contributed by atoms with Crippen LogP contribution in [-0.2, 0) is 17.8 Å². The molecule has 3 N–H and O–H groups in total. The van der Waals surface area contributed by atoms with Gasteiger partial charge in [0.1, 0.15) is 0 Å². The van der Waals surface area contributed by atoms with Crippen LogP contribution in [0.25, 0.3) is 11.4 Å². The van der Waals surface area contributed by atoms with Crippen LogP contribution in [-0.4, -0.2) is 53.7 Å². The standard InChI is InChI=1S/C15H20N4O5/c1-22-10-5-4-9(13(23-2)14(10)24-3)15-17-12(8-11(16)21)18-19(15)6-7-20/h4-5,20H,6-8H2,1-3H3,(H2,16,21). The van der Waals surface area contributed by atoms with Crippen LogP contribution >= 0.6 is 0 Å². The summed E-state index contributed by atoms with van der Waals surface area (Å²) in [5.41, 5.74) is 5.79. The van der Waals surface area contributed by atoms with Crippen LogP contribution in [0.2, 0.25) is 0 Å². The highest BCUT2D eigenvalue weighted by Gasteiger charge is 2.22. The second kappa shape index (κ2) is 7.64. The number of primary amides is 1. The molecule has 0 atom stereocenters. The quantitative estimate of drug-likeness (QED) is 0.695. The number of amides is 1. The van der Waals surface area contributed by atoms with Crippen molar-refractivity contribution in [3.63, 3.8) is 0 Å². The van der Waals surface area contributed by atoms with Gasteiger partial charge in [0.05, 0.1) is 46.5 Å². The maximum atomic E-state index is 11.1. The summed E-state index contributed by atoms with van der Waals surface area (Å²) in [6, 6.07) is 3.45. The molecule has 0 saturated carbocycles. The summed E-state index contributed by atoms with van der Waals surface area (Å²) < 4.78 is 17.6. The van der Waals surface area contributed by atoms with Gasteiger partial charge >= 0.3 is 0 Å². The zero-order valence-electron chi connectivity index (χ0n) is 13.8. The average molecular weight is 336 g/mol. The summed E-state index contributed by atoms with van der Waals surface area (Å²) in [6.45, 7) is 0.0700. The van der Waals surface area contributed by atoms with Crippen molar-refractivity contribution in [2.24, 2.45) is 5.73 Å². The Bertz CT molecular complexity index is 729. The summed E-state index contributed by atoms with van der Waals surface area (Å²) in [5, 5.41) is 13.4. The molecule has 0 spiro atoms. The first-order valence-corrected chi connectivity index (χ1v) is 7.17. The number of aromatic nitrogens is 3.